The number of non-ortho nitro benzene ring substituents is 1. The fourth-order valence-electron chi connectivity index (χ4n) is 4.48. The number of nitrogens with zero attached hydrogens (tertiary/aromatic N) is 2. The van der Waals surface area contributed by atoms with Crippen LogP contribution in [-0.4, -0.2) is 24.2 Å². The van der Waals surface area contributed by atoms with Gasteiger partial charge in [-0.1, -0.05) is 0 Å². The van der Waals surface area contributed by atoms with E-state index in [9.17, 15) is 24.0 Å². The quantitative estimate of drug-likeness (QED) is 0.325. The number of aromatic hydroxyl groups is 1. The number of nitro benzene ring substituents is 1. The van der Waals surface area contributed by atoms with E-state index in [4.69, 9.17) is 9.47 Å². The molecule has 9 heteroatoms. The highest BCUT2D eigenvalue weighted by Crippen LogP contribution is 2.43. The maximum absolute atomic E-state index is 13.9. The van der Waals surface area contributed by atoms with Gasteiger partial charge in [-0.15, -0.1) is 0 Å². The molecule has 0 aliphatic carbocycles. The van der Waals surface area contributed by atoms with E-state index in [1.807, 2.05) is 24.5 Å². The third-order valence-corrected chi connectivity index (χ3v) is 5.92. The number of methoxy groups -OCH3 is 2. The first kappa shape index (κ1) is 22.4. The van der Waals surface area contributed by atoms with Gasteiger partial charge in [0.25, 0.3) is 12.1 Å². The van der Waals surface area contributed by atoms with Gasteiger partial charge in [-0.05, 0) is 23.8 Å². The van der Waals surface area contributed by atoms with Crippen molar-refractivity contribution >= 4 is 5.69 Å². The summed E-state index contributed by atoms with van der Waals surface area (Å²) in [5, 5.41) is 21.9. The average molecular weight is 457 g/mol. The van der Waals surface area contributed by atoms with Crippen molar-refractivity contribution in [3.8, 4) is 39.8 Å². The monoisotopic (exact) mass is 457 g/mol. The number of hydrogen-bond acceptors (Lipinski definition) is 5. The zero-order chi connectivity index (χ0) is 24.1. The third kappa shape index (κ3) is 3.73. The highest BCUT2D eigenvalue weighted by atomic mass is 19.3. The Bertz CT molecular complexity index is 1270. The first-order chi connectivity index (χ1) is 15.6. The Morgan fingerprint density at radius 3 is 2.21 bits per heavy atom. The molecule has 2 heterocycles. The van der Waals surface area contributed by atoms with Gasteiger partial charge < -0.3 is 14.6 Å². The molecule has 1 aromatic heterocycles. The molecule has 172 valence electrons. The normalized spacial score (nSPS) is 13.9. The molecular weight excluding hydrogens is 434 g/mol. The van der Waals surface area contributed by atoms with E-state index in [2.05, 4.69) is 0 Å². The molecule has 0 radical (unpaired) electrons. The van der Waals surface area contributed by atoms with Crippen LogP contribution in [-0.2, 0) is 12.0 Å². The van der Waals surface area contributed by atoms with Gasteiger partial charge in [-0.2, -0.15) is 4.57 Å². The number of alkyl halides is 2. The number of ether oxygens (including phenoxy) is 2. The Morgan fingerprint density at radius 1 is 1.03 bits per heavy atom. The number of hydrogen-bond donors (Lipinski definition) is 1. The van der Waals surface area contributed by atoms with Crippen LogP contribution in [0.3, 0.4) is 0 Å². The summed E-state index contributed by atoms with van der Waals surface area (Å²) < 4.78 is 40.6. The molecule has 3 aromatic rings. The minimum atomic E-state index is -2.79. The second-order valence-electron chi connectivity index (χ2n) is 8.51. The fourth-order valence-corrected chi connectivity index (χ4v) is 4.48. The van der Waals surface area contributed by atoms with E-state index in [1.165, 1.54) is 44.6 Å². The third-order valence-electron chi connectivity index (χ3n) is 5.92. The fraction of sp³-hybridized carbons (Fsp3) is 0.292. The van der Waals surface area contributed by atoms with Crippen molar-refractivity contribution in [3.05, 3.63) is 63.7 Å². The average Bonchev–Trinajstić information content (AvgIpc) is 2.77. The Balaban J connectivity index is 2.11. The number of phenols is 1. The highest BCUT2D eigenvalue weighted by molar-refractivity contribution is 5.73. The van der Waals surface area contributed by atoms with E-state index < -0.39 is 16.9 Å². The summed E-state index contributed by atoms with van der Waals surface area (Å²) in [5.74, 6) is 0.738. The van der Waals surface area contributed by atoms with E-state index in [-0.39, 0.29) is 28.3 Å². The number of pyridine rings is 1. The number of fused-ring (bicyclic) bond motifs is 3. The summed E-state index contributed by atoms with van der Waals surface area (Å²) in [4.78, 5) is 10.8. The smallest absolute Gasteiger partial charge is 0.270 e. The predicted octanol–water partition coefficient (Wildman–Crippen LogP) is 5.17. The SMILES string of the molecule is COc1cc2c(cc1OC)-c1cc(C(F)F)cc(-c3cc([N+](=O)[O-])ccc3O)[n+]1C(C)(C)C2. The number of benzene rings is 2. The molecule has 33 heavy (non-hydrogen) atoms. The molecule has 0 unspecified atom stereocenters. The summed E-state index contributed by atoms with van der Waals surface area (Å²) in [7, 11) is 3.02. The van der Waals surface area contributed by atoms with Crippen LogP contribution in [0, 0.1) is 10.1 Å². The summed E-state index contributed by atoms with van der Waals surface area (Å²) >= 11 is 0. The van der Waals surface area contributed by atoms with Crippen LogP contribution in [0.2, 0.25) is 0 Å². The van der Waals surface area contributed by atoms with Crippen LogP contribution in [0.1, 0.15) is 31.4 Å². The van der Waals surface area contributed by atoms with Gasteiger partial charge in [0.1, 0.15) is 5.75 Å². The van der Waals surface area contributed by atoms with E-state index in [0.717, 1.165) is 5.56 Å². The van der Waals surface area contributed by atoms with Crippen molar-refractivity contribution in [1.82, 2.24) is 0 Å². The molecular formula is C24H23F2N2O5+. The minimum Gasteiger partial charge on any atom is -0.507 e. The maximum atomic E-state index is 13.9. The molecule has 0 atom stereocenters. The molecule has 1 aliphatic heterocycles. The van der Waals surface area contributed by atoms with Gasteiger partial charge >= 0.3 is 0 Å². The van der Waals surface area contributed by atoms with E-state index in [0.29, 0.717) is 29.2 Å². The molecule has 2 aromatic carbocycles. The zero-order valence-corrected chi connectivity index (χ0v) is 18.6. The lowest BCUT2D eigenvalue weighted by Crippen LogP contribution is -2.58. The van der Waals surface area contributed by atoms with Gasteiger partial charge in [-0.3, -0.25) is 10.1 Å². The van der Waals surface area contributed by atoms with Gasteiger partial charge in [0.05, 0.1) is 30.3 Å². The van der Waals surface area contributed by atoms with Crippen molar-refractivity contribution in [2.75, 3.05) is 14.2 Å². The molecule has 0 saturated heterocycles. The van der Waals surface area contributed by atoms with Crippen molar-refractivity contribution in [1.29, 1.82) is 0 Å². The number of aromatic nitrogens is 1. The minimum absolute atomic E-state index is 0.102. The Kier molecular flexibility index (Phi) is 5.43. The lowest BCUT2D eigenvalue weighted by molar-refractivity contribution is -0.740. The zero-order valence-electron chi connectivity index (χ0n) is 18.6. The van der Waals surface area contributed by atoms with Crippen molar-refractivity contribution in [2.24, 2.45) is 0 Å². The summed E-state index contributed by atoms with van der Waals surface area (Å²) in [6.07, 6.45) is -2.26. The second kappa shape index (κ2) is 7.99. The Morgan fingerprint density at radius 2 is 1.64 bits per heavy atom. The molecule has 4 rings (SSSR count). The van der Waals surface area contributed by atoms with Gasteiger partial charge in [-0.25, -0.2) is 8.78 Å². The molecule has 0 fully saturated rings. The molecule has 7 nitrogen and oxygen atoms in total. The van der Waals surface area contributed by atoms with Crippen LogP contribution < -0.4 is 14.0 Å². The molecule has 0 bridgehead atoms. The van der Waals surface area contributed by atoms with Crippen LogP contribution in [0.25, 0.3) is 22.5 Å². The largest absolute Gasteiger partial charge is 0.507 e. The number of halogens is 2. The Labute approximate surface area is 189 Å². The van der Waals surface area contributed by atoms with Crippen LogP contribution >= 0.6 is 0 Å². The molecule has 1 aliphatic rings. The second-order valence-corrected chi connectivity index (χ2v) is 8.51. The summed E-state index contributed by atoms with van der Waals surface area (Å²) in [5.41, 5.74) is 1.29. The lowest BCUT2D eigenvalue weighted by Gasteiger charge is -2.31. The standard InChI is InChI=1S/C24H22F2N2O5/c1-24(2)12-14-9-21(32-3)22(33-4)11-16(14)18-7-13(23(25)26)8-19(27(18)24)17-10-15(28(30)31)5-6-20(17)29/h5-11,23H,12H2,1-4H3/p+1. The number of rotatable bonds is 5. The van der Waals surface area contributed by atoms with Crippen LogP contribution in [0.5, 0.6) is 17.2 Å². The summed E-state index contributed by atoms with van der Waals surface area (Å²) in [6, 6.07) is 9.83. The maximum Gasteiger partial charge on any atom is 0.270 e. The highest BCUT2D eigenvalue weighted by Gasteiger charge is 2.43. The molecule has 0 spiro atoms. The first-order valence-corrected chi connectivity index (χ1v) is 10.2. The molecule has 0 amide bonds. The number of phenolic OH excluding ortho intramolecular Hbond substituents is 1. The van der Waals surface area contributed by atoms with Gasteiger partial charge in [0.15, 0.2) is 17.0 Å². The van der Waals surface area contributed by atoms with E-state index in [1.54, 1.807) is 6.07 Å². The van der Waals surface area contributed by atoms with Crippen LogP contribution in [0.4, 0.5) is 14.5 Å². The first-order valence-electron chi connectivity index (χ1n) is 10.2. The molecule has 1 N–H and O–H groups in total. The molecule has 0 saturated carbocycles. The van der Waals surface area contributed by atoms with Crippen molar-refractivity contribution in [3.63, 3.8) is 0 Å². The van der Waals surface area contributed by atoms with Gasteiger partial charge in [0.2, 0.25) is 11.4 Å². The predicted molar refractivity (Wildman–Crippen MR) is 117 cm³/mol. The Hall–Kier alpha value is -3.75. The summed E-state index contributed by atoms with van der Waals surface area (Å²) in [6.45, 7) is 3.88. The topological polar surface area (TPSA) is 85.7 Å². The van der Waals surface area contributed by atoms with E-state index >= 15 is 0 Å². The van der Waals surface area contributed by atoms with Crippen molar-refractivity contribution in [2.45, 2.75) is 32.2 Å². The lowest BCUT2D eigenvalue weighted by atomic mass is 9.83. The van der Waals surface area contributed by atoms with Gasteiger partial charge in [0, 0.05) is 50.1 Å². The van der Waals surface area contributed by atoms with Crippen molar-refractivity contribution < 1.29 is 32.9 Å². The van der Waals surface area contributed by atoms with Crippen LogP contribution in [0.15, 0.2) is 42.5 Å². The number of nitro groups is 1.